The van der Waals surface area contributed by atoms with E-state index in [1.807, 2.05) is 24.5 Å². The maximum absolute atomic E-state index is 6.43. The van der Waals surface area contributed by atoms with Crippen molar-refractivity contribution in [2.24, 2.45) is 0 Å². The predicted octanol–water partition coefficient (Wildman–Crippen LogP) is 3.21. The number of hydrogen-bond donors (Lipinski definition) is 0. The highest BCUT2D eigenvalue weighted by atomic mass is 35.5. The molecule has 0 saturated carbocycles. The van der Waals surface area contributed by atoms with Crippen molar-refractivity contribution in [3.63, 3.8) is 0 Å². The Hall–Kier alpha value is -1.88. The molecular weight excluding hydrogens is 298 g/mol. The zero-order valence-electron chi connectivity index (χ0n) is 12.4. The summed E-state index contributed by atoms with van der Waals surface area (Å²) < 4.78 is 0. The number of aromatic nitrogens is 3. The van der Waals surface area contributed by atoms with Gasteiger partial charge in [-0.25, -0.2) is 4.98 Å². The van der Waals surface area contributed by atoms with E-state index in [4.69, 9.17) is 16.6 Å². The summed E-state index contributed by atoms with van der Waals surface area (Å²) in [5, 5.41) is 0.599. The summed E-state index contributed by atoms with van der Waals surface area (Å²) in [6, 6.07) is 4.01. The number of rotatable bonds is 2. The molecule has 0 bridgehead atoms. The molecule has 0 radical (unpaired) electrons. The Balaban J connectivity index is 1.73. The number of hydrogen-bond acceptors (Lipinski definition) is 5. The van der Waals surface area contributed by atoms with E-state index in [0.717, 1.165) is 49.1 Å². The van der Waals surface area contributed by atoms with E-state index in [9.17, 15) is 0 Å². The van der Waals surface area contributed by atoms with Gasteiger partial charge in [0.2, 0.25) is 5.95 Å². The lowest BCUT2D eigenvalue weighted by atomic mass is 10.1. The predicted molar refractivity (Wildman–Crippen MR) is 88.1 cm³/mol. The molecule has 0 N–H and O–H groups in total. The monoisotopic (exact) mass is 315 g/mol. The molecule has 0 atom stereocenters. The Morgan fingerprint density at radius 1 is 0.955 bits per heavy atom. The quantitative estimate of drug-likeness (QED) is 0.796. The van der Waals surface area contributed by atoms with Crippen LogP contribution < -0.4 is 9.80 Å². The van der Waals surface area contributed by atoms with Gasteiger partial charge in [0.15, 0.2) is 0 Å². The van der Waals surface area contributed by atoms with Crippen molar-refractivity contribution in [2.75, 3.05) is 29.4 Å². The van der Waals surface area contributed by atoms with Crippen molar-refractivity contribution in [2.45, 2.75) is 25.7 Å². The zero-order chi connectivity index (χ0) is 14.9. The summed E-state index contributed by atoms with van der Waals surface area (Å²) in [5.74, 6) is 1.72. The van der Waals surface area contributed by atoms with Crippen molar-refractivity contribution < 1.29 is 0 Å². The van der Waals surface area contributed by atoms with Crippen molar-refractivity contribution in [1.29, 1.82) is 0 Å². The van der Waals surface area contributed by atoms with E-state index in [1.165, 1.54) is 19.3 Å². The lowest BCUT2D eigenvalue weighted by molar-refractivity contribution is 0.568. The first-order valence-corrected chi connectivity index (χ1v) is 8.19. The van der Waals surface area contributed by atoms with E-state index in [1.54, 1.807) is 0 Å². The highest BCUT2D eigenvalue weighted by Crippen LogP contribution is 2.37. The van der Waals surface area contributed by atoms with Crippen LogP contribution in [0.25, 0.3) is 0 Å². The van der Waals surface area contributed by atoms with Gasteiger partial charge in [0.05, 0.1) is 0 Å². The molecule has 0 amide bonds. The van der Waals surface area contributed by atoms with E-state index in [0.29, 0.717) is 5.15 Å². The van der Waals surface area contributed by atoms with E-state index >= 15 is 0 Å². The number of pyridine rings is 1. The van der Waals surface area contributed by atoms with E-state index < -0.39 is 0 Å². The molecule has 1 fully saturated rings. The molecule has 5 nitrogen and oxygen atoms in total. The second-order valence-electron chi connectivity index (χ2n) is 5.77. The topological polar surface area (TPSA) is 45.2 Å². The first kappa shape index (κ1) is 13.8. The molecule has 2 aliphatic rings. The second kappa shape index (κ2) is 5.72. The second-order valence-corrected chi connectivity index (χ2v) is 6.13. The molecule has 2 aliphatic heterocycles. The van der Waals surface area contributed by atoms with E-state index in [-0.39, 0.29) is 0 Å². The highest BCUT2D eigenvalue weighted by molar-refractivity contribution is 6.30. The number of nitrogens with zero attached hydrogens (tertiary/aromatic N) is 5. The van der Waals surface area contributed by atoms with E-state index in [2.05, 4.69) is 19.8 Å². The van der Waals surface area contributed by atoms with Gasteiger partial charge in [-0.15, -0.1) is 0 Å². The third kappa shape index (κ3) is 2.39. The van der Waals surface area contributed by atoms with Crippen LogP contribution in [0.4, 0.5) is 17.5 Å². The summed E-state index contributed by atoms with van der Waals surface area (Å²) in [5.41, 5.74) is 2.16. The van der Waals surface area contributed by atoms with Crippen LogP contribution in [0, 0.1) is 0 Å². The van der Waals surface area contributed by atoms with Gasteiger partial charge in [-0.2, -0.15) is 4.98 Å². The Morgan fingerprint density at radius 3 is 2.50 bits per heavy atom. The Kier molecular flexibility index (Phi) is 3.58. The van der Waals surface area contributed by atoms with Gasteiger partial charge < -0.3 is 9.80 Å². The van der Waals surface area contributed by atoms with Crippen LogP contribution in [0.2, 0.25) is 5.15 Å². The summed E-state index contributed by atoms with van der Waals surface area (Å²) in [6.07, 6.45) is 8.19. The van der Waals surface area contributed by atoms with Crippen LogP contribution >= 0.6 is 11.6 Å². The fourth-order valence-corrected chi connectivity index (χ4v) is 3.47. The number of piperidine rings is 1. The molecule has 2 aromatic rings. The molecule has 0 aliphatic carbocycles. The Labute approximate surface area is 135 Å². The Morgan fingerprint density at radius 2 is 1.73 bits per heavy atom. The molecule has 4 rings (SSSR count). The third-order valence-corrected chi connectivity index (χ3v) is 4.69. The lowest BCUT2D eigenvalue weighted by Crippen LogP contribution is -2.31. The van der Waals surface area contributed by atoms with Gasteiger partial charge in [0.1, 0.15) is 11.0 Å². The molecule has 22 heavy (non-hydrogen) atoms. The van der Waals surface area contributed by atoms with Crippen LogP contribution in [-0.4, -0.2) is 34.6 Å². The first-order valence-electron chi connectivity index (χ1n) is 7.82. The van der Waals surface area contributed by atoms with Crippen molar-refractivity contribution in [3.8, 4) is 0 Å². The fraction of sp³-hybridized carbons (Fsp3) is 0.438. The van der Waals surface area contributed by atoms with Crippen LogP contribution in [-0.2, 0) is 6.42 Å². The molecule has 6 heteroatoms. The normalized spacial score (nSPS) is 17.7. The summed E-state index contributed by atoms with van der Waals surface area (Å²) >= 11 is 6.43. The maximum atomic E-state index is 6.43. The molecule has 4 heterocycles. The lowest BCUT2D eigenvalue weighted by Gasteiger charge is -2.28. The molecule has 0 spiro atoms. The van der Waals surface area contributed by atoms with Gasteiger partial charge in [0.25, 0.3) is 0 Å². The number of halogens is 1. The van der Waals surface area contributed by atoms with Crippen LogP contribution in [0.5, 0.6) is 0 Å². The van der Waals surface area contributed by atoms with Crippen LogP contribution in [0.1, 0.15) is 24.8 Å². The minimum absolute atomic E-state index is 0.599. The zero-order valence-corrected chi connectivity index (χ0v) is 13.1. The van der Waals surface area contributed by atoms with Crippen molar-refractivity contribution >= 4 is 29.1 Å². The third-order valence-electron chi connectivity index (χ3n) is 4.38. The molecular formula is C16H18ClN5. The molecule has 0 unspecified atom stereocenters. The average Bonchev–Trinajstić information content (AvgIpc) is 3.01. The van der Waals surface area contributed by atoms with Gasteiger partial charge >= 0.3 is 0 Å². The minimum Gasteiger partial charge on any atom is -0.341 e. The summed E-state index contributed by atoms with van der Waals surface area (Å²) in [4.78, 5) is 17.9. The molecule has 114 valence electrons. The van der Waals surface area contributed by atoms with Crippen LogP contribution in [0.15, 0.2) is 24.5 Å². The van der Waals surface area contributed by atoms with Gasteiger partial charge in [-0.1, -0.05) is 11.6 Å². The standard InChI is InChI=1S/C16H18ClN5/c17-14-13-6-11-22(12-4-7-18-8-5-12)15(13)20-16(19-14)21-9-2-1-3-10-21/h4-5,7-8H,1-3,6,9-11H2. The summed E-state index contributed by atoms with van der Waals surface area (Å²) in [7, 11) is 0. The first-order chi connectivity index (χ1) is 10.8. The minimum atomic E-state index is 0.599. The van der Waals surface area contributed by atoms with Crippen molar-refractivity contribution in [3.05, 3.63) is 35.2 Å². The highest BCUT2D eigenvalue weighted by Gasteiger charge is 2.27. The molecule has 2 aromatic heterocycles. The van der Waals surface area contributed by atoms with Gasteiger partial charge in [-0.3, -0.25) is 4.98 Å². The summed E-state index contributed by atoms with van der Waals surface area (Å²) in [6.45, 7) is 2.92. The number of fused-ring (bicyclic) bond motifs is 1. The average molecular weight is 316 g/mol. The SMILES string of the molecule is Clc1nc(N2CCCCC2)nc2c1CCN2c1ccncc1. The molecule has 1 saturated heterocycles. The smallest absolute Gasteiger partial charge is 0.228 e. The van der Waals surface area contributed by atoms with Gasteiger partial charge in [0, 0.05) is 43.3 Å². The van der Waals surface area contributed by atoms with Crippen LogP contribution in [0.3, 0.4) is 0 Å². The Bertz CT molecular complexity index is 670. The van der Waals surface area contributed by atoms with Gasteiger partial charge in [-0.05, 0) is 37.8 Å². The van der Waals surface area contributed by atoms with Crippen molar-refractivity contribution in [1.82, 2.24) is 15.0 Å². The molecule has 0 aromatic carbocycles. The largest absolute Gasteiger partial charge is 0.341 e. The maximum Gasteiger partial charge on any atom is 0.228 e. The number of anilines is 3. The fourth-order valence-electron chi connectivity index (χ4n) is 3.21.